The first-order chi connectivity index (χ1) is 19.7. The lowest BCUT2D eigenvalue weighted by Crippen LogP contribution is -2.65. The largest absolute Gasteiger partial charge is 0.508 e. The van der Waals surface area contributed by atoms with Crippen molar-refractivity contribution in [3.05, 3.63) is 39.7 Å². The van der Waals surface area contributed by atoms with Crippen molar-refractivity contribution >= 4 is 28.9 Å². The molecule has 1 aromatic carbocycles. The number of rotatable bonds is 3. The van der Waals surface area contributed by atoms with Crippen molar-refractivity contribution in [3.63, 3.8) is 0 Å². The average Bonchev–Trinajstić information content (AvgIpc) is 2.90. The number of fused-ring (bicyclic) bond motifs is 3. The van der Waals surface area contributed by atoms with Gasteiger partial charge in [-0.3, -0.25) is 19.3 Å². The zero-order valence-electron chi connectivity index (χ0n) is 24.1. The van der Waals surface area contributed by atoms with Gasteiger partial charge in [0.15, 0.2) is 11.4 Å². The molecule has 4 aliphatic carbocycles. The molecular formula is C31H37N3O8. The Hall–Kier alpha value is -3.85. The first-order valence-corrected chi connectivity index (χ1v) is 14.1. The number of likely N-dealkylation sites (N-methyl/N-ethyl adjacent to an activating group) is 1. The van der Waals surface area contributed by atoms with Gasteiger partial charge in [0.05, 0.1) is 23.3 Å². The number of carbonyl (C=O) groups is 3. The molecule has 0 heterocycles. The van der Waals surface area contributed by atoms with Crippen molar-refractivity contribution in [2.45, 2.75) is 56.3 Å². The van der Waals surface area contributed by atoms with Crippen LogP contribution in [-0.4, -0.2) is 93.8 Å². The van der Waals surface area contributed by atoms with Crippen LogP contribution in [0, 0.1) is 29.6 Å². The second-order valence-corrected chi connectivity index (χ2v) is 12.2. The number of nitrogens with zero attached hydrogens (tertiary/aromatic N) is 2. The number of hydrogen-bond donors (Lipinski definition) is 6. The van der Waals surface area contributed by atoms with Gasteiger partial charge in [0, 0.05) is 37.2 Å². The maximum Gasteiger partial charge on any atom is 0.255 e. The molecule has 0 bridgehead atoms. The van der Waals surface area contributed by atoms with Crippen LogP contribution in [0.4, 0.5) is 5.69 Å². The Bertz CT molecular complexity index is 1510. The number of primary amides is 1. The van der Waals surface area contributed by atoms with Gasteiger partial charge in [-0.25, -0.2) is 0 Å². The van der Waals surface area contributed by atoms with Crippen molar-refractivity contribution in [2.24, 2.45) is 23.5 Å². The van der Waals surface area contributed by atoms with Crippen LogP contribution in [0.1, 0.15) is 48.8 Å². The summed E-state index contributed by atoms with van der Waals surface area (Å²) in [5.74, 6) is -1.20. The van der Waals surface area contributed by atoms with Crippen LogP contribution < -0.4 is 10.6 Å². The molecule has 5 rings (SSSR count). The fourth-order valence-corrected chi connectivity index (χ4v) is 7.24. The van der Waals surface area contributed by atoms with Gasteiger partial charge in [0.25, 0.3) is 5.91 Å². The Balaban J connectivity index is 1.70. The summed E-state index contributed by atoms with van der Waals surface area (Å²) >= 11 is 0. The van der Waals surface area contributed by atoms with E-state index in [0.717, 1.165) is 19.3 Å². The number of carbonyl (C=O) groups excluding carboxylic acids is 3. The summed E-state index contributed by atoms with van der Waals surface area (Å²) in [6, 6.07) is 0.563. The maximum absolute atomic E-state index is 14.1. The molecule has 7 N–H and O–H groups in total. The molecule has 0 aromatic heterocycles. The standard InChI is InChI=1S/C31H37N3O8/c1-33(2)19-13-15(10-9-14-7-5-6-8-20(14)35)25(36)22-17(19)11-16-12-18-24(34(3)4)27(38)23(30(32)41)29(40)31(18,42)28(39)21(16)26(22)37/h13-14,16,18,20,24,35-37,40,42H,5-8,11-12H2,1-4H3,(H2,32,41). The molecule has 42 heavy (non-hydrogen) atoms. The molecule has 11 nitrogen and oxygen atoms in total. The number of anilines is 1. The molecule has 11 heteroatoms. The van der Waals surface area contributed by atoms with E-state index in [4.69, 9.17) is 5.73 Å². The second kappa shape index (κ2) is 10.5. The van der Waals surface area contributed by atoms with Crippen molar-refractivity contribution < 1.29 is 39.9 Å². The van der Waals surface area contributed by atoms with E-state index in [9.17, 15) is 39.9 Å². The highest BCUT2D eigenvalue weighted by atomic mass is 16.3. The Morgan fingerprint density at radius 3 is 2.36 bits per heavy atom. The Kier molecular flexibility index (Phi) is 7.38. The minimum atomic E-state index is -2.70. The van der Waals surface area contributed by atoms with Crippen LogP contribution in [0.2, 0.25) is 0 Å². The fraction of sp³-hybridized carbons (Fsp3) is 0.516. The molecular weight excluding hydrogens is 542 g/mol. The first kappa shape index (κ1) is 29.6. The van der Waals surface area contributed by atoms with Gasteiger partial charge in [-0.2, -0.15) is 0 Å². The number of amides is 1. The average molecular weight is 580 g/mol. The van der Waals surface area contributed by atoms with E-state index in [2.05, 4.69) is 11.8 Å². The monoisotopic (exact) mass is 579 g/mol. The van der Waals surface area contributed by atoms with Gasteiger partial charge >= 0.3 is 0 Å². The summed E-state index contributed by atoms with van der Waals surface area (Å²) in [5.41, 5.74) is 3.03. The molecule has 0 radical (unpaired) electrons. The van der Waals surface area contributed by atoms with Crippen LogP contribution in [0.5, 0.6) is 5.75 Å². The molecule has 2 saturated carbocycles. The lowest BCUT2D eigenvalue weighted by Gasteiger charge is -2.50. The Morgan fingerprint density at radius 2 is 1.76 bits per heavy atom. The van der Waals surface area contributed by atoms with Gasteiger partial charge in [-0.15, -0.1) is 0 Å². The smallest absolute Gasteiger partial charge is 0.255 e. The number of ketones is 2. The number of phenols is 1. The lowest BCUT2D eigenvalue weighted by atomic mass is 9.57. The molecule has 224 valence electrons. The van der Waals surface area contributed by atoms with Gasteiger partial charge in [-0.05, 0) is 57.3 Å². The molecule has 6 unspecified atom stereocenters. The minimum absolute atomic E-state index is 0.00835. The summed E-state index contributed by atoms with van der Waals surface area (Å²) in [7, 11) is 6.72. The van der Waals surface area contributed by atoms with E-state index in [0.29, 0.717) is 17.7 Å². The third-order valence-corrected chi connectivity index (χ3v) is 9.30. The highest BCUT2D eigenvalue weighted by Gasteiger charge is 2.64. The highest BCUT2D eigenvalue weighted by Crippen LogP contribution is 2.54. The molecule has 0 spiro atoms. The molecule has 2 fully saturated rings. The van der Waals surface area contributed by atoms with Crippen molar-refractivity contribution in [3.8, 4) is 17.6 Å². The number of aromatic hydroxyl groups is 1. The molecule has 1 aromatic rings. The van der Waals surface area contributed by atoms with E-state index in [1.807, 2.05) is 0 Å². The lowest BCUT2D eigenvalue weighted by molar-refractivity contribution is -0.153. The SMILES string of the molecule is CN(C)c1cc(C#CC2CCCCC2O)c(O)c2c1CC1CC3C(N(C)C)C(=O)C(C(N)=O)=C(O)C3(O)C(=O)C1=C2O. The van der Waals surface area contributed by atoms with Gasteiger partial charge in [-0.1, -0.05) is 24.7 Å². The Labute approximate surface area is 243 Å². The predicted molar refractivity (Wildman–Crippen MR) is 153 cm³/mol. The number of aliphatic hydroxyl groups is 4. The summed E-state index contributed by atoms with van der Waals surface area (Å²) in [6.07, 6.45) is 2.88. The van der Waals surface area contributed by atoms with Gasteiger partial charge in [0.1, 0.15) is 22.8 Å². The molecule has 0 aliphatic heterocycles. The number of Topliss-reactive ketones (excluding diaryl/α,β-unsaturated/α-hetero) is 2. The minimum Gasteiger partial charge on any atom is -0.508 e. The number of aliphatic hydroxyl groups excluding tert-OH is 3. The Morgan fingerprint density at radius 1 is 1.10 bits per heavy atom. The summed E-state index contributed by atoms with van der Waals surface area (Å²) in [4.78, 5) is 42.8. The summed E-state index contributed by atoms with van der Waals surface area (Å²) < 4.78 is 0. The van der Waals surface area contributed by atoms with Crippen molar-refractivity contribution in [1.29, 1.82) is 0 Å². The maximum atomic E-state index is 14.1. The number of hydrogen-bond acceptors (Lipinski definition) is 10. The zero-order valence-corrected chi connectivity index (χ0v) is 24.1. The summed E-state index contributed by atoms with van der Waals surface area (Å²) in [6.45, 7) is 0. The highest BCUT2D eigenvalue weighted by molar-refractivity contribution is 6.24. The normalized spacial score (nSPS) is 30.8. The topological polar surface area (TPSA) is 185 Å². The van der Waals surface area contributed by atoms with E-state index < -0.39 is 64.1 Å². The van der Waals surface area contributed by atoms with Gasteiger partial charge in [0.2, 0.25) is 5.78 Å². The first-order valence-electron chi connectivity index (χ1n) is 14.1. The molecule has 0 saturated heterocycles. The number of phenolic OH excluding ortho intramolecular Hbond substituents is 1. The van der Waals surface area contributed by atoms with Crippen LogP contribution in [0.15, 0.2) is 23.0 Å². The van der Waals surface area contributed by atoms with Crippen LogP contribution in [0.25, 0.3) is 5.76 Å². The van der Waals surface area contributed by atoms with E-state index in [1.54, 1.807) is 39.2 Å². The van der Waals surface area contributed by atoms with Gasteiger partial charge < -0.3 is 36.2 Å². The third kappa shape index (κ3) is 4.28. The fourth-order valence-electron chi connectivity index (χ4n) is 7.24. The van der Waals surface area contributed by atoms with E-state index in [-0.39, 0.29) is 41.2 Å². The predicted octanol–water partition coefficient (Wildman–Crippen LogP) is 0.933. The quantitative estimate of drug-likeness (QED) is 0.222. The molecule has 6 atom stereocenters. The van der Waals surface area contributed by atoms with Crippen molar-refractivity contribution in [1.82, 2.24) is 4.90 Å². The zero-order chi connectivity index (χ0) is 30.8. The van der Waals surface area contributed by atoms with Crippen molar-refractivity contribution in [2.75, 3.05) is 33.1 Å². The second-order valence-electron chi connectivity index (χ2n) is 12.2. The number of benzene rings is 1. The van der Waals surface area contributed by atoms with Crippen LogP contribution >= 0.6 is 0 Å². The van der Waals surface area contributed by atoms with Crippen LogP contribution in [-0.2, 0) is 20.8 Å². The summed E-state index contributed by atoms with van der Waals surface area (Å²) in [5, 5.41) is 56.1. The van der Waals surface area contributed by atoms with E-state index >= 15 is 0 Å². The van der Waals surface area contributed by atoms with E-state index in [1.165, 1.54) is 4.90 Å². The molecule has 1 amide bonds. The molecule has 4 aliphatic rings. The third-order valence-electron chi connectivity index (χ3n) is 9.30. The number of nitrogens with two attached hydrogens (primary N) is 1. The van der Waals surface area contributed by atoms with Crippen LogP contribution in [0.3, 0.4) is 0 Å².